The molecule has 2 aromatic carbocycles. The molecule has 0 fully saturated rings. The number of nitrogens with zero attached hydrogens (tertiary/aromatic N) is 3. The predicted molar refractivity (Wildman–Crippen MR) is 96.3 cm³/mol. The molecule has 0 aliphatic carbocycles. The van der Waals surface area contributed by atoms with E-state index in [0.717, 1.165) is 17.2 Å². The van der Waals surface area contributed by atoms with E-state index >= 15 is 0 Å². The molecular formula is C18H15N3O4. The fourth-order valence-electron chi connectivity index (χ4n) is 2.16. The van der Waals surface area contributed by atoms with Gasteiger partial charge in [-0.15, -0.1) is 0 Å². The highest BCUT2D eigenvalue weighted by molar-refractivity contribution is 5.83. The molecule has 0 aromatic heterocycles. The summed E-state index contributed by atoms with van der Waals surface area (Å²) < 4.78 is 0. The largest absolute Gasteiger partial charge is 0.301 e. The Morgan fingerprint density at radius 3 is 2.40 bits per heavy atom. The van der Waals surface area contributed by atoms with Crippen molar-refractivity contribution in [2.45, 2.75) is 6.42 Å². The highest BCUT2D eigenvalue weighted by Gasteiger charge is 2.18. The molecule has 0 aliphatic heterocycles. The Bertz CT molecular complexity index is 858. The highest BCUT2D eigenvalue weighted by Crippen LogP contribution is 2.31. The summed E-state index contributed by atoms with van der Waals surface area (Å²) in [6.07, 6.45) is 5.45. The van der Waals surface area contributed by atoms with Gasteiger partial charge in [-0.2, -0.15) is 0 Å². The fourth-order valence-corrected chi connectivity index (χ4v) is 2.16. The Balaban J connectivity index is 2.31. The van der Waals surface area contributed by atoms with E-state index in [4.69, 9.17) is 0 Å². The van der Waals surface area contributed by atoms with Gasteiger partial charge < -0.3 is 0 Å². The number of hydrogen-bond acceptors (Lipinski definition) is 5. The third kappa shape index (κ3) is 4.93. The molecule has 126 valence electrons. The fraction of sp³-hybridized carbons (Fsp3) is 0.0556. The second-order valence-electron chi connectivity index (χ2n) is 5.09. The Morgan fingerprint density at radius 1 is 1.08 bits per heavy atom. The molecule has 0 bridgehead atoms. The van der Waals surface area contributed by atoms with Gasteiger partial charge in [-0.3, -0.25) is 20.2 Å². The molecule has 0 amide bonds. The van der Waals surface area contributed by atoms with E-state index in [0.29, 0.717) is 6.42 Å². The summed E-state index contributed by atoms with van der Waals surface area (Å²) in [5, 5.41) is 21.9. The van der Waals surface area contributed by atoms with Crippen molar-refractivity contribution in [1.82, 2.24) is 0 Å². The molecule has 7 heteroatoms. The second-order valence-corrected chi connectivity index (χ2v) is 5.09. The lowest BCUT2D eigenvalue weighted by Crippen LogP contribution is -1.94. The van der Waals surface area contributed by atoms with Crippen molar-refractivity contribution in [2.75, 3.05) is 0 Å². The Labute approximate surface area is 144 Å². The van der Waals surface area contributed by atoms with E-state index < -0.39 is 15.5 Å². The summed E-state index contributed by atoms with van der Waals surface area (Å²) in [5.74, 6) is 0. The van der Waals surface area contributed by atoms with E-state index in [1.165, 1.54) is 18.3 Å². The molecule has 0 aliphatic rings. The average molecular weight is 337 g/mol. The van der Waals surface area contributed by atoms with Gasteiger partial charge in [0, 0.05) is 12.3 Å². The third-order valence-corrected chi connectivity index (χ3v) is 3.32. The normalized spacial score (nSPS) is 11.4. The maximum absolute atomic E-state index is 11.1. The van der Waals surface area contributed by atoms with Gasteiger partial charge in [0.05, 0.1) is 15.9 Å². The van der Waals surface area contributed by atoms with Crippen LogP contribution in [0, 0.1) is 20.2 Å². The second kappa shape index (κ2) is 8.30. The number of nitro groups is 2. The number of rotatable bonds is 7. The van der Waals surface area contributed by atoms with Gasteiger partial charge in [-0.05, 0) is 23.6 Å². The van der Waals surface area contributed by atoms with Crippen LogP contribution in [0.5, 0.6) is 0 Å². The average Bonchev–Trinajstić information content (AvgIpc) is 2.60. The molecule has 0 saturated carbocycles. The number of nitro benzene ring substituents is 2. The van der Waals surface area contributed by atoms with Crippen LogP contribution in [0.25, 0.3) is 0 Å². The van der Waals surface area contributed by atoms with Crippen molar-refractivity contribution < 1.29 is 9.85 Å². The highest BCUT2D eigenvalue weighted by atomic mass is 16.6. The first-order valence-corrected chi connectivity index (χ1v) is 7.33. The predicted octanol–water partition coefficient (Wildman–Crippen LogP) is 4.56. The van der Waals surface area contributed by atoms with E-state index in [1.807, 2.05) is 30.3 Å². The lowest BCUT2D eigenvalue weighted by molar-refractivity contribution is -0.393. The minimum Gasteiger partial charge on any atom is -0.258 e. The molecule has 0 saturated heterocycles. The monoisotopic (exact) mass is 337 g/mol. The summed E-state index contributed by atoms with van der Waals surface area (Å²) in [6, 6.07) is 13.0. The maximum atomic E-state index is 11.1. The van der Waals surface area contributed by atoms with Crippen LogP contribution in [0.1, 0.15) is 5.56 Å². The van der Waals surface area contributed by atoms with Crippen molar-refractivity contribution in [1.29, 1.82) is 0 Å². The van der Waals surface area contributed by atoms with E-state index in [-0.39, 0.29) is 11.4 Å². The lowest BCUT2D eigenvalue weighted by atomic mass is 10.1. The summed E-state index contributed by atoms with van der Waals surface area (Å²) >= 11 is 0. The summed E-state index contributed by atoms with van der Waals surface area (Å²) in [6.45, 7) is 3.65. The van der Waals surface area contributed by atoms with Gasteiger partial charge in [0.2, 0.25) is 0 Å². The molecule has 0 N–H and O–H groups in total. The van der Waals surface area contributed by atoms with Crippen molar-refractivity contribution in [3.8, 4) is 0 Å². The SMILES string of the molecule is C=C/C=C(\C=Nc1ccc([N+](=O)[O-])cc1[N+](=O)[O-])Cc1ccccc1. The molecule has 0 atom stereocenters. The first-order valence-electron chi connectivity index (χ1n) is 7.33. The molecule has 2 aromatic rings. The van der Waals surface area contributed by atoms with Crippen LogP contribution in [0.3, 0.4) is 0 Å². The molecule has 25 heavy (non-hydrogen) atoms. The molecule has 0 unspecified atom stereocenters. The minimum atomic E-state index is -0.687. The van der Waals surface area contributed by atoms with Crippen molar-refractivity contribution in [2.24, 2.45) is 4.99 Å². The smallest absolute Gasteiger partial charge is 0.258 e. The van der Waals surface area contributed by atoms with Crippen molar-refractivity contribution in [3.63, 3.8) is 0 Å². The number of benzene rings is 2. The third-order valence-electron chi connectivity index (χ3n) is 3.32. The molecule has 0 spiro atoms. The van der Waals surface area contributed by atoms with E-state index in [9.17, 15) is 20.2 Å². The first kappa shape index (κ1) is 17.7. The van der Waals surface area contributed by atoms with Crippen molar-refractivity contribution in [3.05, 3.63) is 98.6 Å². The van der Waals surface area contributed by atoms with Gasteiger partial charge in [-0.1, -0.05) is 49.1 Å². The zero-order chi connectivity index (χ0) is 18.2. The van der Waals surface area contributed by atoms with Gasteiger partial charge in [0.15, 0.2) is 0 Å². The molecule has 2 rings (SSSR count). The molecule has 0 radical (unpaired) electrons. The van der Waals surface area contributed by atoms with Crippen LogP contribution in [0.2, 0.25) is 0 Å². The first-order chi connectivity index (χ1) is 12.0. The van der Waals surface area contributed by atoms with E-state index in [2.05, 4.69) is 11.6 Å². The summed E-state index contributed by atoms with van der Waals surface area (Å²) in [4.78, 5) is 24.7. The van der Waals surface area contributed by atoms with Gasteiger partial charge in [0.25, 0.3) is 5.69 Å². The number of non-ortho nitro benzene ring substituents is 1. The van der Waals surface area contributed by atoms with Crippen LogP contribution in [-0.4, -0.2) is 16.1 Å². The summed E-state index contributed by atoms with van der Waals surface area (Å²) in [7, 11) is 0. The number of aliphatic imine (C=N–C) groups is 1. The van der Waals surface area contributed by atoms with Gasteiger partial charge in [0.1, 0.15) is 5.69 Å². The standard InChI is InChI=1S/C18H15N3O4/c1-2-6-15(11-14-7-4-3-5-8-14)13-19-17-10-9-16(20(22)23)12-18(17)21(24)25/h2-10,12-13H,1,11H2/b15-6-,19-13?. The minimum absolute atomic E-state index is 0.0543. The zero-order valence-electron chi connectivity index (χ0n) is 13.2. The Morgan fingerprint density at radius 2 is 1.80 bits per heavy atom. The molecular weight excluding hydrogens is 322 g/mol. The van der Waals surface area contributed by atoms with Crippen molar-refractivity contribution >= 4 is 23.3 Å². The zero-order valence-corrected chi connectivity index (χ0v) is 13.2. The van der Waals surface area contributed by atoms with E-state index in [1.54, 1.807) is 12.2 Å². The number of allylic oxidation sites excluding steroid dienone is 3. The van der Waals surface area contributed by atoms with Crippen LogP contribution in [-0.2, 0) is 6.42 Å². The van der Waals surface area contributed by atoms with Gasteiger partial charge in [-0.25, -0.2) is 4.99 Å². The Hall–Kier alpha value is -3.61. The quantitative estimate of drug-likeness (QED) is 0.320. The van der Waals surface area contributed by atoms with Crippen LogP contribution >= 0.6 is 0 Å². The van der Waals surface area contributed by atoms with Crippen LogP contribution < -0.4 is 0 Å². The molecule has 7 nitrogen and oxygen atoms in total. The maximum Gasteiger partial charge on any atom is 0.301 e. The molecule has 0 heterocycles. The topological polar surface area (TPSA) is 98.6 Å². The van der Waals surface area contributed by atoms with Gasteiger partial charge >= 0.3 is 5.69 Å². The van der Waals surface area contributed by atoms with Crippen LogP contribution in [0.4, 0.5) is 17.1 Å². The number of hydrogen-bond donors (Lipinski definition) is 0. The van der Waals surface area contributed by atoms with Crippen LogP contribution in [0.15, 0.2) is 77.8 Å². The summed E-state index contributed by atoms with van der Waals surface area (Å²) in [5.41, 5.74) is 1.15. The lowest BCUT2D eigenvalue weighted by Gasteiger charge is -2.02. The Kier molecular flexibility index (Phi) is 5.89.